The van der Waals surface area contributed by atoms with Crippen molar-refractivity contribution in [1.29, 1.82) is 5.26 Å². The number of hydrogen-bond donors (Lipinski definition) is 0. The van der Waals surface area contributed by atoms with E-state index in [1.807, 2.05) is 30.3 Å². The van der Waals surface area contributed by atoms with Gasteiger partial charge in [-0.25, -0.2) is 0 Å². The van der Waals surface area contributed by atoms with E-state index in [0.717, 1.165) is 11.1 Å². The predicted molar refractivity (Wildman–Crippen MR) is 64.6 cm³/mol. The maximum atomic E-state index is 8.58. The molecule has 0 spiro atoms. The largest absolute Gasteiger partial charge is 0.193 e. The molecule has 0 aromatic heterocycles. The smallest absolute Gasteiger partial charge is 0.0927 e. The van der Waals surface area contributed by atoms with Gasteiger partial charge in [-0.05, 0) is 16.5 Å². The van der Waals surface area contributed by atoms with Gasteiger partial charge in [-0.1, -0.05) is 56.6 Å². The second kappa shape index (κ2) is 4.51. The molecule has 2 heteroatoms. The Morgan fingerprint density at radius 2 is 1.93 bits per heavy atom. The van der Waals surface area contributed by atoms with Gasteiger partial charge in [-0.2, -0.15) is 5.26 Å². The molecule has 0 unspecified atom stereocenters. The van der Waals surface area contributed by atoms with Crippen molar-refractivity contribution in [1.82, 2.24) is 0 Å². The maximum Gasteiger partial charge on any atom is 0.0927 e. The van der Waals surface area contributed by atoms with E-state index in [2.05, 4.69) is 20.8 Å². The summed E-state index contributed by atoms with van der Waals surface area (Å²) in [6.07, 6.45) is 1.37. The third-order valence-electron chi connectivity index (χ3n) is 2.18. The van der Waals surface area contributed by atoms with Crippen LogP contribution in [0, 0.1) is 11.3 Å². The van der Waals surface area contributed by atoms with Crippen molar-refractivity contribution in [2.45, 2.75) is 26.2 Å². The van der Waals surface area contributed by atoms with Gasteiger partial charge in [0.25, 0.3) is 0 Å². The highest BCUT2D eigenvalue weighted by molar-refractivity contribution is 6.49. The van der Waals surface area contributed by atoms with E-state index < -0.39 is 0 Å². The summed E-state index contributed by atoms with van der Waals surface area (Å²) >= 11 is 6.06. The number of allylic oxidation sites excluding steroid dienone is 1. The second-order valence-electron chi connectivity index (χ2n) is 4.42. The molecule has 15 heavy (non-hydrogen) atoms. The first-order valence-electron chi connectivity index (χ1n) is 4.82. The third kappa shape index (κ3) is 2.84. The summed E-state index contributed by atoms with van der Waals surface area (Å²) in [6, 6.07) is 9.85. The molecular weight excluding hydrogens is 206 g/mol. The number of hydrogen-bond acceptors (Lipinski definition) is 1. The molecule has 1 aromatic rings. The van der Waals surface area contributed by atoms with Gasteiger partial charge in [0, 0.05) is 6.08 Å². The molecule has 0 heterocycles. The number of rotatable bonds is 1. The minimum atomic E-state index is 0.0278. The van der Waals surface area contributed by atoms with Gasteiger partial charge in [0.15, 0.2) is 0 Å². The first-order valence-corrected chi connectivity index (χ1v) is 5.20. The van der Waals surface area contributed by atoms with E-state index >= 15 is 0 Å². The molecule has 0 aliphatic heterocycles. The van der Waals surface area contributed by atoms with Crippen molar-refractivity contribution in [3.8, 4) is 6.07 Å². The van der Waals surface area contributed by atoms with E-state index in [4.69, 9.17) is 16.9 Å². The molecule has 1 aromatic carbocycles. The first kappa shape index (κ1) is 11.8. The van der Waals surface area contributed by atoms with Crippen LogP contribution in [0.5, 0.6) is 0 Å². The molecule has 0 aliphatic rings. The van der Waals surface area contributed by atoms with Crippen molar-refractivity contribution in [2.75, 3.05) is 0 Å². The van der Waals surface area contributed by atoms with Gasteiger partial charge in [0.1, 0.15) is 0 Å². The molecule has 0 bridgehead atoms. The van der Waals surface area contributed by atoms with Crippen molar-refractivity contribution in [2.24, 2.45) is 0 Å². The monoisotopic (exact) mass is 219 g/mol. The van der Waals surface area contributed by atoms with Crippen LogP contribution in [-0.4, -0.2) is 0 Å². The molecule has 78 valence electrons. The third-order valence-corrected chi connectivity index (χ3v) is 2.50. The van der Waals surface area contributed by atoms with E-state index in [9.17, 15) is 0 Å². The Labute approximate surface area is 96.0 Å². The number of nitriles is 1. The summed E-state index contributed by atoms with van der Waals surface area (Å²) in [5.74, 6) is 0. The van der Waals surface area contributed by atoms with E-state index in [-0.39, 0.29) is 5.41 Å². The Morgan fingerprint density at radius 1 is 1.33 bits per heavy atom. The van der Waals surface area contributed by atoms with Crippen LogP contribution in [0.25, 0.3) is 5.03 Å². The zero-order valence-electron chi connectivity index (χ0n) is 9.21. The van der Waals surface area contributed by atoms with E-state index in [0.29, 0.717) is 5.03 Å². The number of nitrogens with zero attached hydrogens (tertiary/aromatic N) is 1. The fourth-order valence-electron chi connectivity index (χ4n) is 1.48. The Kier molecular flexibility index (Phi) is 3.55. The van der Waals surface area contributed by atoms with Crippen LogP contribution in [0.3, 0.4) is 0 Å². The lowest BCUT2D eigenvalue weighted by atomic mass is 9.83. The Bertz CT molecular complexity index is 419. The van der Waals surface area contributed by atoms with Crippen molar-refractivity contribution < 1.29 is 0 Å². The minimum Gasteiger partial charge on any atom is -0.193 e. The Balaban J connectivity index is 3.32. The molecule has 1 rings (SSSR count). The fourth-order valence-corrected chi connectivity index (χ4v) is 1.69. The molecular formula is C13H14ClN. The van der Waals surface area contributed by atoms with Crippen LogP contribution in [0.1, 0.15) is 31.9 Å². The molecule has 0 saturated carbocycles. The van der Waals surface area contributed by atoms with Crippen LogP contribution in [0.2, 0.25) is 0 Å². The SMILES string of the molecule is CC(C)(C)c1ccccc1/C(Cl)=C/C#N. The predicted octanol–water partition coefficient (Wildman–Crippen LogP) is 4.09. The van der Waals surface area contributed by atoms with Gasteiger partial charge in [-0.3, -0.25) is 0 Å². The summed E-state index contributed by atoms with van der Waals surface area (Å²) in [5, 5.41) is 9.08. The van der Waals surface area contributed by atoms with Gasteiger partial charge in [-0.15, -0.1) is 0 Å². The van der Waals surface area contributed by atoms with Crippen LogP contribution >= 0.6 is 11.6 Å². The molecule has 0 fully saturated rings. The molecule has 0 aliphatic carbocycles. The van der Waals surface area contributed by atoms with Gasteiger partial charge >= 0.3 is 0 Å². The lowest BCUT2D eigenvalue weighted by Gasteiger charge is -2.22. The van der Waals surface area contributed by atoms with E-state index in [1.165, 1.54) is 6.08 Å². The summed E-state index contributed by atoms with van der Waals surface area (Å²) in [4.78, 5) is 0. The van der Waals surface area contributed by atoms with Gasteiger partial charge < -0.3 is 0 Å². The topological polar surface area (TPSA) is 23.8 Å². The molecule has 0 N–H and O–H groups in total. The zero-order valence-corrected chi connectivity index (χ0v) is 9.97. The second-order valence-corrected chi connectivity index (χ2v) is 4.82. The van der Waals surface area contributed by atoms with Crippen molar-refractivity contribution >= 4 is 16.6 Å². The van der Waals surface area contributed by atoms with Crippen LogP contribution < -0.4 is 0 Å². The molecule has 0 saturated heterocycles. The summed E-state index contributed by atoms with van der Waals surface area (Å²) < 4.78 is 0. The van der Waals surface area contributed by atoms with E-state index in [1.54, 1.807) is 0 Å². The van der Waals surface area contributed by atoms with Crippen LogP contribution in [0.4, 0.5) is 0 Å². The Hall–Kier alpha value is -1.26. The quantitative estimate of drug-likeness (QED) is 0.653. The maximum absolute atomic E-state index is 8.58. The van der Waals surface area contributed by atoms with Gasteiger partial charge in [0.05, 0.1) is 11.1 Å². The lowest BCUT2D eigenvalue weighted by molar-refractivity contribution is 0.589. The fraction of sp³-hybridized carbons (Fsp3) is 0.308. The highest BCUT2D eigenvalue weighted by Gasteiger charge is 2.18. The number of benzene rings is 1. The van der Waals surface area contributed by atoms with Crippen molar-refractivity contribution in [3.05, 3.63) is 41.5 Å². The lowest BCUT2D eigenvalue weighted by Crippen LogP contribution is -2.13. The molecule has 1 nitrogen and oxygen atoms in total. The minimum absolute atomic E-state index is 0.0278. The number of halogens is 1. The van der Waals surface area contributed by atoms with Gasteiger partial charge in [0.2, 0.25) is 0 Å². The molecule has 0 amide bonds. The highest BCUT2D eigenvalue weighted by atomic mass is 35.5. The molecule has 0 atom stereocenters. The Morgan fingerprint density at radius 3 is 2.47 bits per heavy atom. The highest BCUT2D eigenvalue weighted by Crippen LogP contribution is 2.31. The molecule has 0 radical (unpaired) electrons. The zero-order chi connectivity index (χ0) is 11.5. The normalized spacial score (nSPS) is 12.3. The van der Waals surface area contributed by atoms with Crippen LogP contribution in [0.15, 0.2) is 30.3 Å². The van der Waals surface area contributed by atoms with Crippen molar-refractivity contribution in [3.63, 3.8) is 0 Å². The summed E-state index contributed by atoms with van der Waals surface area (Å²) in [7, 11) is 0. The average molecular weight is 220 g/mol. The van der Waals surface area contributed by atoms with Crippen LogP contribution in [-0.2, 0) is 5.41 Å². The summed E-state index contributed by atoms with van der Waals surface area (Å²) in [6.45, 7) is 6.38. The average Bonchev–Trinajstić information content (AvgIpc) is 2.17. The summed E-state index contributed by atoms with van der Waals surface area (Å²) in [5.41, 5.74) is 2.12. The first-order chi connectivity index (χ1) is 6.96. The standard InChI is InChI=1S/C13H14ClN/c1-13(2,3)11-7-5-4-6-10(11)12(14)8-9-15/h4-8H,1-3H3/b12-8-.